The van der Waals surface area contributed by atoms with E-state index < -0.39 is 10.0 Å². The number of likely N-dealkylation sites (tertiary alicyclic amines) is 1. The molecule has 2 aliphatic rings. The van der Waals surface area contributed by atoms with Gasteiger partial charge < -0.3 is 14.4 Å². The molecule has 34 heavy (non-hydrogen) atoms. The van der Waals surface area contributed by atoms with Crippen molar-refractivity contribution in [3.05, 3.63) is 24.3 Å². The van der Waals surface area contributed by atoms with Gasteiger partial charge in [0.2, 0.25) is 15.9 Å². The summed E-state index contributed by atoms with van der Waals surface area (Å²) in [5, 5.41) is 9.37. The van der Waals surface area contributed by atoms with E-state index in [9.17, 15) is 13.2 Å². The maximum absolute atomic E-state index is 13.0. The smallest absolute Gasteiger partial charge is 0.243 e. The highest BCUT2D eigenvalue weighted by molar-refractivity contribution is 7.99. The molecule has 1 aromatic carbocycles. The van der Waals surface area contributed by atoms with E-state index in [0.29, 0.717) is 47.2 Å². The summed E-state index contributed by atoms with van der Waals surface area (Å²) in [4.78, 5) is 17.0. The van der Waals surface area contributed by atoms with Crippen molar-refractivity contribution >= 4 is 27.7 Å². The fourth-order valence-corrected chi connectivity index (χ4v) is 6.81. The van der Waals surface area contributed by atoms with Crippen LogP contribution in [0.2, 0.25) is 0 Å². The Morgan fingerprint density at radius 1 is 1.09 bits per heavy atom. The van der Waals surface area contributed by atoms with Crippen molar-refractivity contribution in [1.29, 1.82) is 0 Å². The fraction of sp³-hybridized carbons (Fsp3) is 0.609. The molecule has 0 bridgehead atoms. The third-order valence-corrected chi connectivity index (χ3v) is 9.44. The standard InChI is InChI=1S/C23H34N6O3S2/c1-4-29-22(24-25-23(29)33-17-21(30)27-11-5-6-18(2)16-27)19-7-9-20(10-8-19)34(31,32)28-14-12-26(3)13-15-28/h7-10,18H,4-6,11-17H2,1-3H3/t18-/m0/s1. The minimum Gasteiger partial charge on any atom is -0.342 e. The Labute approximate surface area is 206 Å². The maximum Gasteiger partial charge on any atom is 0.243 e. The molecule has 0 unspecified atom stereocenters. The minimum absolute atomic E-state index is 0.141. The van der Waals surface area contributed by atoms with Crippen LogP contribution in [0.25, 0.3) is 11.4 Å². The summed E-state index contributed by atoms with van der Waals surface area (Å²) >= 11 is 1.41. The summed E-state index contributed by atoms with van der Waals surface area (Å²) in [7, 11) is -1.51. The second-order valence-corrected chi connectivity index (χ2v) is 12.0. The van der Waals surface area contributed by atoms with Gasteiger partial charge in [-0.1, -0.05) is 18.7 Å². The number of hydrogen-bond acceptors (Lipinski definition) is 7. The quantitative estimate of drug-likeness (QED) is 0.532. The molecule has 0 spiro atoms. The zero-order chi connectivity index (χ0) is 24.3. The second-order valence-electron chi connectivity index (χ2n) is 9.16. The van der Waals surface area contributed by atoms with Gasteiger partial charge in [-0.05, 0) is 57.0 Å². The molecule has 186 valence electrons. The molecule has 0 saturated carbocycles. The molecule has 1 aromatic heterocycles. The van der Waals surface area contributed by atoms with E-state index in [1.807, 2.05) is 23.4 Å². The van der Waals surface area contributed by atoms with Gasteiger partial charge in [-0.25, -0.2) is 8.42 Å². The maximum atomic E-state index is 13.0. The number of benzene rings is 1. The Hall–Kier alpha value is -1.95. The molecule has 0 radical (unpaired) electrons. The monoisotopic (exact) mass is 506 g/mol. The molecule has 9 nitrogen and oxygen atoms in total. The van der Waals surface area contributed by atoms with E-state index in [1.54, 1.807) is 28.6 Å². The van der Waals surface area contributed by atoms with Gasteiger partial charge in [-0.2, -0.15) is 4.31 Å². The van der Waals surface area contributed by atoms with E-state index in [4.69, 9.17) is 0 Å². The molecule has 0 aliphatic carbocycles. The van der Waals surface area contributed by atoms with Crippen LogP contribution >= 0.6 is 11.8 Å². The van der Waals surface area contributed by atoms with Crippen LogP contribution in [0.15, 0.2) is 34.3 Å². The van der Waals surface area contributed by atoms with Crippen molar-refractivity contribution in [3.63, 3.8) is 0 Å². The molecule has 4 rings (SSSR count). The molecule has 0 N–H and O–H groups in total. The highest BCUT2D eigenvalue weighted by Crippen LogP contribution is 2.27. The van der Waals surface area contributed by atoms with Crippen LogP contribution in [0.5, 0.6) is 0 Å². The number of carbonyl (C=O) groups excluding carboxylic acids is 1. The van der Waals surface area contributed by atoms with E-state index in [-0.39, 0.29) is 5.91 Å². The number of piperidine rings is 1. The van der Waals surface area contributed by atoms with Crippen molar-refractivity contribution < 1.29 is 13.2 Å². The zero-order valence-corrected chi connectivity index (χ0v) is 21.8. The molecule has 11 heteroatoms. The number of aromatic nitrogens is 3. The largest absolute Gasteiger partial charge is 0.342 e. The van der Waals surface area contributed by atoms with Crippen LogP contribution in [0.4, 0.5) is 0 Å². The SMILES string of the molecule is CCn1c(SCC(=O)N2CCC[C@H](C)C2)nnc1-c1ccc(S(=O)(=O)N2CCN(C)CC2)cc1. The number of thioether (sulfide) groups is 1. The van der Waals surface area contributed by atoms with E-state index >= 15 is 0 Å². The van der Waals surface area contributed by atoms with Crippen LogP contribution in [0, 0.1) is 5.92 Å². The Morgan fingerprint density at radius 2 is 1.79 bits per heavy atom. The lowest BCUT2D eigenvalue weighted by molar-refractivity contribution is -0.130. The number of likely N-dealkylation sites (N-methyl/N-ethyl adjacent to an activating group) is 1. The second kappa shape index (κ2) is 10.8. The molecule has 1 amide bonds. The highest BCUT2D eigenvalue weighted by atomic mass is 32.2. The predicted octanol–water partition coefficient (Wildman–Crippen LogP) is 2.25. The van der Waals surface area contributed by atoms with E-state index in [2.05, 4.69) is 22.0 Å². The van der Waals surface area contributed by atoms with Gasteiger partial charge in [0.25, 0.3) is 0 Å². The first kappa shape index (κ1) is 25.2. The topological polar surface area (TPSA) is 91.6 Å². The number of nitrogens with zero attached hydrogens (tertiary/aromatic N) is 6. The van der Waals surface area contributed by atoms with E-state index in [0.717, 1.165) is 38.2 Å². The molecular formula is C23H34N6O3S2. The Morgan fingerprint density at radius 3 is 2.44 bits per heavy atom. The summed E-state index contributed by atoms with van der Waals surface area (Å²) in [6.07, 6.45) is 2.24. The highest BCUT2D eigenvalue weighted by Gasteiger charge is 2.28. The van der Waals surface area contributed by atoms with Crippen LogP contribution in [-0.4, -0.2) is 95.3 Å². The number of hydrogen-bond donors (Lipinski definition) is 0. The van der Waals surface area contributed by atoms with Gasteiger partial charge in [0.15, 0.2) is 11.0 Å². The van der Waals surface area contributed by atoms with Crippen LogP contribution < -0.4 is 0 Å². The average Bonchev–Trinajstić information content (AvgIpc) is 3.26. The van der Waals surface area contributed by atoms with Crippen molar-refractivity contribution in [1.82, 2.24) is 28.9 Å². The third-order valence-electron chi connectivity index (χ3n) is 6.58. The van der Waals surface area contributed by atoms with Gasteiger partial charge in [0.05, 0.1) is 10.6 Å². The van der Waals surface area contributed by atoms with Gasteiger partial charge in [-0.15, -0.1) is 10.2 Å². The Kier molecular flexibility index (Phi) is 7.96. The molecule has 2 aromatic rings. The molecule has 2 aliphatic heterocycles. The lowest BCUT2D eigenvalue weighted by Crippen LogP contribution is -2.46. The minimum atomic E-state index is -3.51. The number of piperazine rings is 1. The molecule has 2 saturated heterocycles. The Balaban J connectivity index is 1.45. The van der Waals surface area contributed by atoms with Crippen molar-refractivity contribution in [3.8, 4) is 11.4 Å². The normalized spacial score (nSPS) is 20.6. The summed E-state index contributed by atoms with van der Waals surface area (Å²) < 4.78 is 29.5. The zero-order valence-electron chi connectivity index (χ0n) is 20.2. The van der Waals surface area contributed by atoms with Gasteiger partial charge in [0.1, 0.15) is 0 Å². The summed E-state index contributed by atoms with van der Waals surface area (Å²) in [6, 6.07) is 6.86. The average molecular weight is 507 g/mol. The molecule has 2 fully saturated rings. The number of amides is 1. The van der Waals surface area contributed by atoms with Crippen LogP contribution in [-0.2, 0) is 21.4 Å². The molecular weight excluding hydrogens is 472 g/mol. The lowest BCUT2D eigenvalue weighted by Gasteiger charge is -2.31. The number of rotatable bonds is 7. The first-order chi connectivity index (χ1) is 16.3. The first-order valence-electron chi connectivity index (χ1n) is 11.9. The first-order valence-corrected chi connectivity index (χ1v) is 14.3. The van der Waals surface area contributed by atoms with Gasteiger partial charge >= 0.3 is 0 Å². The van der Waals surface area contributed by atoms with Crippen molar-refractivity contribution in [2.75, 3.05) is 52.1 Å². The number of carbonyl (C=O) groups is 1. The van der Waals surface area contributed by atoms with Crippen LogP contribution in [0.3, 0.4) is 0 Å². The van der Waals surface area contributed by atoms with Crippen molar-refractivity contribution in [2.24, 2.45) is 5.92 Å². The Bertz CT molecular complexity index is 1090. The predicted molar refractivity (Wildman–Crippen MR) is 133 cm³/mol. The van der Waals surface area contributed by atoms with E-state index in [1.165, 1.54) is 18.2 Å². The third kappa shape index (κ3) is 5.48. The summed E-state index contributed by atoms with van der Waals surface area (Å²) in [6.45, 7) is 8.98. The number of sulfonamides is 1. The summed E-state index contributed by atoms with van der Waals surface area (Å²) in [5.41, 5.74) is 0.801. The van der Waals surface area contributed by atoms with Gasteiger partial charge in [0, 0.05) is 51.4 Å². The van der Waals surface area contributed by atoms with Crippen molar-refractivity contribution in [2.45, 2.75) is 43.3 Å². The van der Waals surface area contributed by atoms with Gasteiger partial charge in [-0.3, -0.25) is 4.79 Å². The molecule has 3 heterocycles. The molecule has 1 atom stereocenters. The lowest BCUT2D eigenvalue weighted by atomic mass is 10.0. The van der Waals surface area contributed by atoms with Crippen LogP contribution in [0.1, 0.15) is 26.7 Å². The fourth-order valence-electron chi connectivity index (χ4n) is 4.48. The summed E-state index contributed by atoms with van der Waals surface area (Å²) in [5.74, 6) is 1.71.